The van der Waals surface area contributed by atoms with Crippen LogP contribution in [0.15, 0.2) is 21.5 Å². The molecule has 0 fully saturated rings. The average molecular weight is 184 g/mol. The molecule has 0 aliphatic carbocycles. The minimum absolute atomic E-state index is 0.145. The highest BCUT2D eigenvalue weighted by atomic mass is 16.5. The molecule has 5 nitrogen and oxygen atoms in total. The normalized spacial score (nSPS) is 9.62. The maximum atomic E-state index is 10.8. The van der Waals surface area contributed by atoms with Gasteiger partial charge in [0.05, 0.1) is 13.5 Å². The van der Waals surface area contributed by atoms with Gasteiger partial charge >= 0.3 is 11.6 Å². The molecule has 13 heavy (non-hydrogen) atoms. The highest BCUT2D eigenvalue weighted by Gasteiger charge is 2.08. The van der Waals surface area contributed by atoms with E-state index >= 15 is 0 Å². The quantitative estimate of drug-likeness (QED) is 0.657. The molecule has 0 saturated carbocycles. The lowest BCUT2D eigenvalue weighted by molar-refractivity contribution is -0.139. The van der Waals surface area contributed by atoms with E-state index in [9.17, 15) is 9.59 Å². The van der Waals surface area contributed by atoms with Crippen LogP contribution in [0.5, 0.6) is 5.75 Å². The Labute approximate surface area is 73.6 Å². The minimum atomic E-state index is -0.614. The zero-order chi connectivity index (χ0) is 9.84. The maximum Gasteiger partial charge on any atom is 0.336 e. The number of carbonyl (C=O) groups excluding carboxylic acids is 1. The van der Waals surface area contributed by atoms with E-state index in [1.807, 2.05) is 0 Å². The van der Waals surface area contributed by atoms with Crippen LogP contribution in [-0.4, -0.2) is 18.2 Å². The van der Waals surface area contributed by atoms with Crippen molar-refractivity contribution >= 4 is 5.97 Å². The molecule has 0 aliphatic heterocycles. The van der Waals surface area contributed by atoms with Gasteiger partial charge in [-0.2, -0.15) is 0 Å². The highest BCUT2D eigenvalue weighted by Crippen LogP contribution is 2.13. The molecule has 70 valence electrons. The Hall–Kier alpha value is -1.78. The van der Waals surface area contributed by atoms with E-state index in [0.29, 0.717) is 0 Å². The minimum Gasteiger partial charge on any atom is -0.504 e. The smallest absolute Gasteiger partial charge is 0.336 e. The third-order valence-electron chi connectivity index (χ3n) is 1.47. The first-order valence-electron chi connectivity index (χ1n) is 3.51. The molecule has 0 unspecified atom stereocenters. The molecule has 1 rings (SSSR count). The van der Waals surface area contributed by atoms with Gasteiger partial charge in [0.15, 0.2) is 5.75 Å². The number of ether oxygens (including phenoxy) is 1. The number of carbonyl (C=O) groups is 1. The van der Waals surface area contributed by atoms with Crippen LogP contribution in [0.4, 0.5) is 0 Å². The molecule has 1 aromatic rings. The van der Waals surface area contributed by atoms with Crippen molar-refractivity contribution in [2.24, 2.45) is 0 Å². The topological polar surface area (TPSA) is 76.7 Å². The molecule has 0 aliphatic rings. The lowest BCUT2D eigenvalue weighted by Gasteiger charge is -2.00. The Bertz CT molecular complexity index is 365. The monoisotopic (exact) mass is 184 g/mol. The molecule has 1 heterocycles. The van der Waals surface area contributed by atoms with Crippen LogP contribution in [0.1, 0.15) is 5.56 Å². The number of hydrogen-bond donors (Lipinski definition) is 1. The molecule has 0 atom stereocenters. The Kier molecular flexibility index (Phi) is 2.69. The van der Waals surface area contributed by atoms with Crippen molar-refractivity contribution in [3.63, 3.8) is 0 Å². The molecule has 5 heteroatoms. The molecule has 1 N–H and O–H groups in total. The van der Waals surface area contributed by atoms with Gasteiger partial charge in [0.25, 0.3) is 0 Å². The average Bonchev–Trinajstić information content (AvgIpc) is 2.11. The third kappa shape index (κ3) is 2.33. The molecule has 0 saturated heterocycles. The van der Waals surface area contributed by atoms with Crippen LogP contribution >= 0.6 is 0 Å². The second kappa shape index (κ2) is 3.75. The summed E-state index contributed by atoms with van der Waals surface area (Å²) in [5.74, 6) is -0.758. The highest BCUT2D eigenvalue weighted by molar-refractivity contribution is 5.73. The van der Waals surface area contributed by atoms with Crippen molar-refractivity contribution in [2.75, 3.05) is 7.11 Å². The van der Waals surface area contributed by atoms with E-state index in [1.54, 1.807) is 0 Å². The fourth-order valence-corrected chi connectivity index (χ4v) is 0.809. The van der Waals surface area contributed by atoms with Crippen LogP contribution in [0.3, 0.4) is 0 Å². The van der Waals surface area contributed by atoms with Crippen LogP contribution in [-0.2, 0) is 16.0 Å². The summed E-state index contributed by atoms with van der Waals surface area (Å²) in [4.78, 5) is 21.5. The fourth-order valence-electron chi connectivity index (χ4n) is 0.809. The summed E-state index contributed by atoms with van der Waals surface area (Å²) >= 11 is 0. The molecule has 0 radical (unpaired) electrons. The van der Waals surface area contributed by atoms with Gasteiger partial charge in [-0.15, -0.1) is 0 Å². The SMILES string of the molecule is COC(=O)Cc1cc(=O)occ1O. The molecule has 0 aromatic carbocycles. The van der Waals surface area contributed by atoms with E-state index in [0.717, 1.165) is 12.3 Å². The first-order chi connectivity index (χ1) is 6.13. The van der Waals surface area contributed by atoms with E-state index in [1.165, 1.54) is 7.11 Å². The van der Waals surface area contributed by atoms with Crippen molar-refractivity contribution in [1.29, 1.82) is 0 Å². The van der Waals surface area contributed by atoms with Crippen molar-refractivity contribution in [1.82, 2.24) is 0 Å². The molecule has 0 spiro atoms. The summed E-state index contributed by atoms with van der Waals surface area (Å²) in [6.07, 6.45) is 0.745. The first kappa shape index (κ1) is 9.31. The second-order valence-electron chi connectivity index (χ2n) is 2.36. The van der Waals surface area contributed by atoms with Crippen LogP contribution < -0.4 is 5.63 Å². The van der Waals surface area contributed by atoms with Gasteiger partial charge in [0.2, 0.25) is 0 Å². The predicted molar refractivity (Wildman–Crippen MR) is 42.4 cm³/mol. The van der Waals surface area contributed by atoms with Gasteiger partial charge in [-0.25, -0.2) is 4.79 Å². The molecular weight excluding hydrogens is 176 g/mol. The van der Waals surface area contributed by atoms with Crippen molar-refractivity contribution in [3.05, 3.63) is 28.3 Å². The molecule has 1 aromatic heterocycles. The van der Waals surface area contributed by atoms with E-state index in [2.05, 4.69) is 9.15 Å². The summed E-state index contributed by atoms with van der Waals surface area (Å²) in [7, 11) is 1.23. The summed E-state index contributed by atoms with van der Waals surface area (Å²) in [5, 5.41) is 9.14. The third-order valence-corrected chi connectivity index (χ3v) is 1.47. The van der Waals surface area contributed by atoms with Gasteiger partial charge in [-0.3, -0.25) is 4.79 Å². The van der Waals surface area contributed by atoms with E-state index in [4.69, 9.17) is 5.11 Å². The van der Waals surface area contributed by atoms with Crippen LogP contribution in [0.2, 0.25) is 0 Å². The van der Waals surface area contributed by atoms with Gasteiger partial charge in [-0.05, 0) is 0 Å². The predicted octanol–water partition coefficient (Wildman–Crippen LogP) is 0.0609. The summed E-state index contributed by atoms with van der Waals surface area (Å²) in [6, 6.07) is 1.05. The lowest BCUT2D eigenvalue weighted by atomic mass is 10.2. The first-order valence-corrected chi connectivity index (χ1v) is 3.51. The van der Waals surface area contributed by atoms with Crippen molar-refractivity contribution < 1.29 is 19.1 Å². The largest absolute Gasteiger partial charge is 0.504 e. The van der Waals surface area contributed by atoms with Crippen molar-refractivity contribution in [2.45, 2.75) is 6.42 Å². The second-order valence-corrected chi connectivity index (χ2v) is 2.36. The Balaban J connectivity index is 2.94. The van der Waals surface area contributed by atoms with E-state index < -0.39 is 11.6 Å². The Morgan fingerprint density at radius 2 is 2.38 bits per heavy atom. The van der Waals surface area contributed by atoms with Crippen molar-refractivity contribution in [3.8, 4) is 5.75 Å². The zero-order valence-electron chi connectivity index (χ0n) is 6.94. The van der Waals surface area contributed by atoms with E-state index in [-0.39, 0.29) is 17.7 Å². The fraction of sp³-hybridized carbons (Fsp3) is 0.250. The summed E-state index contributed by atoms with van der Waals surface area (Å²) in [5.41, 5.74) is -0.417. The van der Waals surface area contributed by atoms with Crippen LogP contribution in [0, 0.1) is 0 Å². The lowest BCUT2D eigenvalue weighted by Crippen LogP contribution is -2.07. The maximum absolute atomic E-state index is 10.8. The molecule has 0 bridgehead atoms. The van der Waals surface area contributed by atoms with Gasteiger partial charge in [-0.1, -0.05) is 0 Å². The zero-order valence-corrected chi connectivity index (χ0v) is 6.94. The summed E-state index contributed by atoms with van der Waals surface area (Å²) in [6.45, 7) is 0. The van der Waals surface area contributed by atoms with Crippen LogP contribution in [0.25, 0.3) is 0 Å². The molecule has 0 amide bonds. The number of aromatic hydroxyl groups is 1. The number of rotatable bonds is 2. The van der Waals surface area contributed by atoms with Gasteiger partial charge in [0, 0.05) is 11.6 Å². The summed E-state index contributed by atoms with van der Waals surface area (Å²) < 4.78 is 8.72. The molecular formula is C8H8O5. The number of methoxy groups -OCH3 is 1. The Morgan fingerprint density at radius 1 is 1.69 bits per heavy atom. The van der Waals surface area contributed by atoms with Gasteiger partial charge < -0.3 is 14.3 Å². The van der Waals surface area contributed by atoms with Gasteiger partial charge in [0.1, 0.15) is 6.26 Å². The standard InChI is InChI=1S/C8H8O5/c1-12-7(10)2-5-3-8(11)13-4-6(5)9/h3-4,9H,2H2,1H3. The Morgan fingerprint density at radius 3 is 3.00 bits per heavy atom. The number of esters is 1. The number of hydrogen-bond acceptors (Lipinski definition) is 5.